The summed E-state index contributed by atoms with van der Waals surface area (Å²) in [5.41, 5.74) is 0.725. The van der Waals surface area contributed by atoms with E-state index in [0.717, 1.165) is 43.8 Å². The van der Waals surface area contributed by atoms with E-state index in [0.29, 0.717) is 0 Å². The van der Waals surface area contributed by atoms with Crippen LogP contribution in [0.5, 0.6) is 5.75 Å². The van der Waals surface area contributed by atoms with Gasteiger partial charge in [0.15, 0.2) is 0 Å². The lowest BCUT2D eigenvalue weighted by molar-refractivity contribution is 0.194. The second-order valence-electron chi connectivity index (χ2n) is 5.42. The van der Waals surface area contributed by atoms with Gasteiger partial charge < -0.3 is 20.1 Å². The fourth-order valence-electron chi connectivity index (χ4n) is 2.69. The number of hydrogen-bond acceptors (Lipinski definition) is 4. The number of likely N-dealkylation sites (tertiary alicyclic amines) is 1. The summed E-state index contributed by atoms with van der Waals surface area (Å²) in [4.78, 5) is 2.32. The summed E-state index contributed by atoms with van der Waals surface area (Å²) < 4.78 is 5.37. The Bertz CT molecular complexity index is 411. The van der Waals surface area contributed by atoms with Gasteiger partial charge in [0, 0.05) is 6.54 Å². The summed E-state index contributed by atoms with van der Waals surface area (Å²) in [6, 6.07) is 7.89. The van der Waals surface area contributed by atoms with Crippen molar-refractivity contribution in [1.82, 2.24) is 4.90 Å². The minimum atomic E-state index is -0.237. The molecule has 1 saturated heterocycles. The molecule has 106 valence electrons. The van der Waals surface area contributed by atoms with Crippen LogP contribution in [0.4, 0.5) is 5.69 Å². The number of rotatable bonds is 4. The lowest BCUT2D eigenvalue weighted by Gasteiger charge is -2.33. The first-order valence-electron chi connectivity index (χ1n) is 6.90. The second-order valence-corrected chi connectivity index (χ2v) is 5.42. The predicted octanol–water partition coefficient (Wildman–Crippen LogP) is 1.95. The SMILES string of the molecule is COc1ccccc1NC1(CO)CCCN(C)CC1. The highest BCUT2D eigenvalue weighted by Gasteiger charge is 2.31. The zero-order valence-electron chi connectivity index (χ0n) is 11.9. The molecule has 1 atom stereocenters. The van der Waals surface area contributed by atoms with Crippen LogP contribution < -0.4 is 10.1 Å². The number of methoxy groups -OCH3 is 1. The Balaban J connectivity index is 2.17. The van der Waals surface area contributed by atoms with E-state index >= 15 is 0 Å². The number of para-hydroxylation sites is 2. The summed E-state index contributed by atoms with van der Waals surface area (Å²) in [5.74, 6) is 0.827. The lowest BCUT2D eigenvalue weighted by Crippen LogP contribution is -2.43. The lowest BCUT2D eigenvalue weighted by atomic mass is 9.91. The van der Waals surface area contributed by atoms with Crippen LogP contribution in [0.3, 0.4) is 0 Å². The first kappa shape index (κ1) is 14.2. The Morgan fingerprint density at radius 2 is 2.11 bits per heavy atom. The number of aliphatic hydroxyl groups is 1. The maximum atomic E-state index is 9.86. The number of nitrogens with one attached hydrogen (secondary N) is 1. The number of aliphatic hydroxyl groups excluding tert-OH is 1. The molecule has 1 aliphatic heterocycles. The number of benzene rings is 1. The van der Waals surface area contributed by atoms with E-state index in [-0.39, 0.29) is 12.1 Å². The first-order valence-corrected chi connectivity index (χ1v) is 6.90. The minimum absolute atomic E-state index is 0.152. The van der Waals surface area contributed by atoms with Crippen LogP contribution in [0.25, 0.3) is 0 Å². The molecule has 1 aromatic rings. The van der Waals surface area contributed by atoms with Crippen LogP contribution >= 0.6 is 0 Å². The van der Waals surface area contributed by atoms with Crippen molar-refractivity contribution in [3.05, 3.63) is 24.3 Å². The van der Waals surface area contributed by atoms with E-state index in [1.54, 1.807) is 7.11 Å². The van der Waals surface area contributed by atoms with Crippen molar-refractivity contribution in [1.29, 1.82) is 0 Å². The van der Waals surface area contributed by atoms with Gasteiger partial charge in [0.2, 0.25) is 0 Å². The van der Waals surface area contributed by atoms with Crippen molar-refractivity contribution in [2.45, 2.75) is 24.8 Å². The third kappa shape index (κ3) is 3.39. The molecule has 2 N–H and O–H groups in total. The van der Waals surface area contributed by atoms with E-state index in [2.05, 4.69) is 17.3 Å². The van der Waals surface area contributed by atoms with Crippen molar-refractivity contribution in [2.24, 2.45) is 0 Å². The quantitative estimate of drug-likeness (QED) is 0.872. The van der Waals surface area contributed by atoms with Gasteiger partial charge in [0.05, 0.1) is 24.9 Å². The molecule has 19 heavy (non-hydrogen) atoms. The van der Waals surface area contributed by atoms with Crippen LogP contribution in [0, 0.1) is 0 Å². The molecule has 4 heteroatoms. The van der Waals surface area contributed by atoms with E-state index in [1.165, 1.54) is 0 Å². The van der Waals surface area contributed by atoms with Crippen LogP contribution in [-0.4, -0.2) is 49.4 Å². The third-order valence-corrected chi connectivity index (χ3v) is 3.98. The first-order chi connectivity index (χ1) is 9.19. The number of nitrogens with zero attached hydrogens (tertiary/aromatic N) is 1. The molecule has 1 unspecified atom stereocenters. The van der Waals surface area contributed by atoms with Crippen LogP contribution in [0.15, 0.2) is 24.3 Å². The molecule has 0 saturated carbocycles. The topological polar surface area (TPSA) is 44.7 Å². The van der Waals surface area contributed by atoms with Crippen LogP contribution in [0.1, 0.15) is 19.3 Å². The smallest absolute Gasteiger partial charge is 0.141 e. The Labute approximate surface area is 115 Å². The van der Waals surface area contributed by atoms with Gasteiger partial charge in [0.25, 0.3) is 0 Å². The largest absolute Gasteiger partial charge is 0.495 e. The van der Waals surface area contributed by atoms with E-state index in [1.807, 2.05) is 24.3 Å². The van der Waals surface area contributed by atoms with Crippen LogP contribution in [0.2, 0.25) is 0 Å². The van der Waals surface area contributed by atoms with E-state index in [4.69, 9.17) is 4.74 Å². The van der Waals surface area contributed by atoms with Gasteiger partial charge in [-0.15, -0.1) is 0 Å². The molecule has 1 fully saturated rings. The molecule has 1 aliphatic rings. The highest BCUT2D eigenvalue weighted by molar-refractivity contribution is 5.57. The van der Waals surface area contributed by atoms with Crippen molar-refractivity contribution in [3.63, 3.8) is 0 Å². The fraction of sp³-hybridized carbons (Fsp3) is 0.600. The molecule has 1 aromatic carbocycles. The molecule has 1 heterocycles. The van der Waals surface area contributed by atoms with Gasteiger partial charge in [-0.25, -0.2) is 0 Å². The number of hydrogen-bond donors (Lipinski definition) is 2. The van der Waals surface area contributed by atoms with Gasteiger partial charge in [-0.05, 0) is 45.0 Å². The van der Waals surface area contributed by atoms with Crippen molar-refractivity contribution in [3.8, 4) is 5.75 Å². The zero-order valence-corrected chi connectivity index (χ0v) is 11.9. The Hall–Kier alpha value is -1.26. The van der Waals surface area contributed by atoms with Crippen molar-refractivity contribution in [2.75, 3.05) is 39.2 Å². The molecular weight excluding hydrogens is 240 g/mol. The number of ether oxygens (including phenoxy) is 1. The summed E-state index contributed by atoms with van der Waals surface area (Å²) in [5, 5.41) is 13.4. The van der Waals surface area contributed by atoms with Crippen LogP contribution in [-0.2, 0) is 0 Å². The summed E-state index contributed by atoms with van der Waals surface area (Å²) in [6.45, 7) is 2.25. The highest BCUT2D eigenvalue weighted by Crippen LogP contribution is 2.31. The Morgan fingerprint density at radius 1 is 1.32 bits per heavy atom. The molecule has 0 spiro atoms. The molecule has 0 aromatic heterocycles. The second kappa shape index (κ2) is 6.26. The van der Waals surface area contributed by atoms with Gasteiger partial charge in [0.1, 0.15) is 5.75 Å². The average Bonchev–Trinajstić information content (AvgIpc) is 2.62. The van der Waals surface area contributed by atoms with Crippen molar-refractivity contribution < 1.29 is 9.84 Å². The van der Waals surface area contributed by atoms with Gasteiger partial charge in [-0.3, -0.25) is 0 Å². The third-order valence-electron chi connectivity index (χ3n) is 3.98. The zero-order chi connectivity index (χ0) is 13.7. The van der Waals surface area contributed by atoms with Gasteiger partial charge in [-0.2, -0.15) is 0 Å². The van der Waals surface area contributed by atoms with E-state index < -0.39 is 0 Å². The highest BCUT2D eigenvalue weighted by atomic mass is 16.5. The summed E-state index contributed by atoms with van der Waals surface area (Å²) >= 11 is 0. The molecule has 0 radical (unpaired) electrons. The van der Waals surface area contributed by atoms with Gasteiger partial charge >= 0.3 is 0 Å². The minimum Gasteiger partial charge on any atom is -0.495 e. The number of anilines is 1. The maximum Gasteiger partial charge on any atom is 0.141 e. The fourth-order valence-corrected chi connectivity index (χ4v) is 2.69. The Kier molecular flexibility index (Phi) is 4.66. The van der Waals surface area contributed by atoms with Crippen molar-refractivity contribution >= 4 is 5.69 Å². The molecular formula is C15H24N2O2. The summed E-state index contributed by atoms with van der Waals surface area (Å²) in [7, 11) is 3.81. The maximum absolute atomic E-state index is 9.86. The Morgan fingerprint density at radius 3 is 2.84 bits per heavy atom. The molecule has 0 amide bonds. The standard InChI is InChI=1S/C15H24N2O2/c1-17-10-5-8-15(12-18,9-11-17)16-13-6-3-4-7-14(13)19-2/h3-4,6-7,16,18H,5,8-12H2,1-2H3. The van der Waals surface area contributed by atoms with E-state index in [9.17, 15) is 5.11 Å². The molecule has 4 nitrogen and oxygen atoms in total. The monoisotopic (exact) mass is 264 g/mol. The predicted molar refractivity (Wildman–Crippen MR) is 77.8 cm³/mol. The van der Waals surface area contributed by atoms with Gasteiger partial charge in [-0.1, -0.05) is 12.1 Å². The molecule has 0 bridgehead atoms. The normalized spacial score (nSPS) is 24.8. The molecule has 2 rings (SSSR count). The molecule has 0 aliphatic carbocycles. The summed E-state index contributed by atoms with van der Waals surface area (Å²) in [6.07, 6.45) is 3.02. The average molecular weight is 264 g/mol.